The highest BCUT2D eigenvalue weighted by Gasteiger charge is 2.23. The van der Waals surface area contributed by atoms with Gasteiger partial charge in [-0.15, -0.1) is 0 Å². The molecular weight excluding hydrogens is 342 g/mol. The number of aromatic amines is 1. The fourth-order valence-electron chi connectivity index (χ4n) is 3.82. The van der Waals surface area contributed by atoms with Crippen molar-refractivity contribution in [2.24, 2.45) is 4.99 Å². The Balaban J connectivity index is 1.37. The molecule has 0 atom stereocenters. The van der Waals surface area contributed by atoms with E-state index in [1.807, 2.05) is 24.3 Å². The van der Waals surface area contributed by atoms with Crippen molar-refractivity contribution in [1.82, 2.24) is 19.9 Å². The van der Waals surface area contributed by atoms with Gasteiger partial charge in [0.25, 0.3) is 5.56 Å². The Morgan fingerprint density at radius 2 is 2.07 bits per heavy atom. The smallest absolute Gasteiger partial charge is 0.255 e. The lowest BCUT2D eigenvalue weighted by molar-refractivity contribution is 0.220. The normalized spacial score (nSPS) is 17.7. The van der Waals surface area contributed by atoms with Crippen LogP contribution in [0.5, 0.6) is 0 Å². The summed E-state index contributed by atoms with van der Waals surface area (Å²) in [6.45, 7) is 2.80. The van der Waals surface area contributed by atoms with E-state index in [0.29, 0.717) is 24.8 Å². The van der Waals surface area contributed by atoms with Crippen molar-refractivity contribution >= 4 is 16.8 Å². The van der Waals surface area contributed by atoms with E-state index in [-0.39, 0.29) is 5.56 Å². The van der Waals surface area contributed by atoms with Crippen LogP contribution in [0.3, 0.4) is 0 Å². The number of fused-ring (bicyclic) bond motifs is 2. The van der Waals surface area contributed by atoms with E-state index in [2.05, 4.69) is 19.9 Å². The van der Waals surface area contributed by atoms with Crippen LogP contribution in [-0.2, 0) is 19.5 Å². The lowest BCUT2D eigenvalue weighted by atomic mass is 10.1. The summed E-state index contributed by atoms with van der Waals surface area (Å²) in [5, 5.41) is 0. The standard InChI is InChI=1S/C20H21N5O2/c26-20-13-11-25(12-18-22-15-5-1-2-7-17(15)27-18)10-8-14(13)23-19(24-20)16-6-3-4-9-21-16/h1-2,5,7H,3-4,6,8-12H2,(H,23,24,26). The lowest BCUT2D eigenvalue weighted by Crippen LogP contribution is -2.36. The van der Waals surface area contributed by atoms with Crippen LogP contribution in [0.4, 0.5) is 0 Å². The molecule has 2 aliphatic rings. The molecule has 0 radical (unpaired) electrons. The van der Waals surface area contributed by atoms with Crippen LogP contribution in [0.25, 0.3) is 11.1 Å². The van der Waals surface area contributed by atoms with Gasteiger partial charge in [-0.25, -0.2) is 9.97 Å². The predicted octanol–water partition coefficient (Wildman–Crippen LogP) is 2.44. The highest BCUT2D eigenvalue weighted by molar-refractivity contribution is 5.97. The van der Waals surface area contributed by atoms with Gasteiger partial charge in [0.2, 0.25) is 5.89 Å². The highest BCUT2D eigenvalue weighted by Crippen LogP contribution is 2.20. The Hall–Kier alpha value is -2.80. The second-order valence-corrected chi connectivity index (χ2v) is 7.16. The van der Waals surface area contributed by atoms with Crippen molar-refractivity contribution in [2.75, 3.05) is 13.1 Å². The Kier molecular flexibility index (Phi) is 4.09. The summed E-state index contributed by atoms with van der Waals surface area (Å²) in [5.74, 6) is 1.34. The van der Waals surface area contributed by atoms with E-state index >= 15 is 0 Å². The van der Waals surface area contributed by atoms with Crippen LogP contribution >= 0.6 is 0 Å². The van der Waals surface area contributed by atoms with Gasteiger partial charge in [-0.2, -0.15) is 0 Å². The topological polar surface area (TPSA) is 87.4 Å². The zero-order chi connectivity index (χ0) is 18.2. The van der Waals surface area contributed by atoms with Gasteiger partial charge in [0.05, 0.1) is 23.5 Å². The minimum absolute atomic E-state index is 0.0504. The van der Waals surface area contributed by atoms with Crippen LogP contribution in [0.1, 0.15) is 42.2 Å². The fraction of sp³-hybridized carbons (Fsp3) is 0.400. The molecule has 0 saturated carbocycles. The molecule has 7 nitrogen and oxygen atoms in total. The minimum atomic E-state index is -0.0504. The molecule has 138 valence electrons. The molecule has 0 fully saturated rings. The number of aromatic nitrogens is 3. The van der Waals surface area contributed by atoms with E-state index in [1.54, 1.807) is 0 Å². The van der Waals surface area contributed by atoms with Gasteiger partial charge >= 0.3 is 0 Å². The van der Waals surface area contributed by atoms with Crippen molar-refractivity contribution in [1.29, 1.82) is 0 Å². The first-order valence-electron chi connectivity index (χ1n) is 9.49. The van der Waals surface area contributed by atoms with Crippen molar-refractivity contribution in [2.45, 2.75) is 38.8 Å². The molecule has 7 heteroatoms. The second-order valence-electron chi connectivity index (χ2n) is 7.16. The van der Waals surface area contributed by atoms with Crippen LogP contribution in [-0.4, -0.2) is 38.7 Å². The molecule has 0 amide bonds. The third kappa shape index (κ3) is 3.19. The molecule has 5 rings (SSSR count). The number of benzene rings is 1. The first-order chi connectivity index (χ1) is 13.3. The summed E-state index contributed by atoms with van der Waals surface area (Å²) in [6, 6.07) is 7.75. The van der Waals surface area contributed by atoms with Gasteiger partial charge in [-0.1, -0.05) is 12.1 Å². The molecule has 1 aromatic carbocycles. The second kappa shape index (κ2) is 6.74. The molecule has 0 spiro atoms. The third-order valence-corrected chi connectivity index (χ3v) is 5.24. The molecule has 0 aliphatic carbocycles. The largest absolute Gasteiger partial charge is 0.439 e. The first-order valence-corrected chi connectivity index (χ1v) is 9.49. The number of hydrogen-bond acceptors (Lipinski definition) is 6. The molecule has 2 aromatic heterocycles. The Morgan fingerprint density at radius 1 is 1.15 bits per heavy atom. The van der Waals surface area contributed by atoms with Crippen molar-refractivity contribution in [3.05, 3.63) is 57.6 Å². The SMILES string of the molecule is O=c1[nH]c(C2=NCCCC2)nc2c1CN(Cc1nc3ccccc3o1)CC2. The number of nitrogens with zero attached hydrogens (tertiary/aromatic N) is 4. The number of para-hydroxylation sites is 2. The minimum Gasteiger partial charge on any atom is -0.439 e. The fourth-order valence-corrected chi connectivity index (χ4v) is 3.82. The van der Waals surface area contributed by atoms with Crippen molar-refractivity contribution in [3.63, 3.8) is 0 Å². The quantitative estimate of drug-likeness (QED) is 0.772. The maximum absolute atomic E-state index is 12.6. The number of hydrogen-bond donors (Lipinski definition) is 1. The maximum atomic E-state index is 12.6. The molecule has 0 unspecified atom stereocenters. The zero-order valence-electron chi connectivity index (χ0n) is 15.1. The molecule has 3 aromatic rings. The van der Waals surface area contributed by atoms with Crippen molar-refractivity contribution < 1.29 is 4.42 Å². The zero-order valence-corrected chi connectivity index (χ0v) is 15.1. The van der Waals surface area contributed by atoms with E-state index in [1.165, 1.54) is 0 Å². The molecule has 27 heavy (non-hydrogen) atoms. The van der Waals surface area contributed by atoms with E-state index in [9.17, 15) is 4.79 Å². The van der Waals surface area contributed by atoms with Gasteiger partial charge in [-0.05, 0) is 31.4 Å². The average Bonchev–Trinajstić information content (AvgIpc) is 3.11. The first kappa shape index (κ1) is 16.4. The Bertz CT molecular complexity index is 1050. The summed E-state index contributed by atoms with van der Waals surface area (Å²) in [7, 11) is 0. The van der Waals surface area contributed by atoms with E-state index in [4.69, 9.17) is 9.40 Å². The van der Waals surface area contributed by atoms with Crippen LogP contribution in [0.2, 0.25) is 0 Å². The maximum Gasteiger partial charge on any atom is 0.255 e. The number of H-pyrrole nitrogens is 1. The monoisotopic (exact) mass is 363 g/mol. The average molecular weight is 363 g/mol. The van der Waals surface area contributed by atoms with Crippen LogP contribution < -0.4 is 5.56 Å². The van der Waals surface area contributed by atoms with Crippen LogP contribution in [0.15, 0.2) is 38.5 Å². The number of rotatable bonds is 3. The number of aliphatic imine (C=N–C) groups is 1. The summed E-state index contributed by atoms with van der Waals surface area (Å²) in [4.78, 5) is 31.6. The summed E-state index contributed by atoms with van der Waals surface area (Å²) >= 11 is 0. The molecular formula is C20H21N5O2. The van der Waals surface area contributed by atoms with Crippen LogP contribution in [0, 0.1) is 0 Å². The van der Waals surface area contributed by atoms with E-state index in [0.717, 1.165) is 66.8 Å². The summed E-state index contributed by atoms with van der Waals surface area (Å²) < 4.78 is 5.82. The number of nitrogens with one attached hydrogen (secondary N) is 1. The summed E-state index contributed by atoms with van der Waals surface area (Å²) in [6.07, 6.45) is 3.87. The number of oxazole rings is 1. The van der Waals surface area contributed by atoms with Gasteiger partial charge in [0, 0.05) is 26.1 Å². The van der Waals surface area contributed by atoms with Gasteiger partial charge < -0.3 is 9.40 Å². The molecule has 2 aliphatic heterocycles. The molecule has 4 heterocycles. The van der Waals surface area contributed by atoms with Gasteiger partial charge in [0.15, 0.2) is 11.4 Å². The predicted molar refractivity (Wildman–Crippen MR) is 102 cm³/mol. The molecule has 0 bridgehead atoms. The van der Waals surface area contributed by atoms with Crippen molar-refractivity contribution in [3.8, 4) is 0 Å². The third-order valence-electron chi connectivity index (χ3n) is 5.24. The lowest BCUT2D eigenvalue weighted by Gasteiger charge is -2.26. The van der Waals surface area contributed by atoms with E-state index < -0.39 is 0 Å². The summed E-state index contributed by atoms with van der Waals surface area (Å²) in [5.41, 5.74) is 4.19. The highest BCUT2D eigenvalue weighted by atomic mass is 16.3. The molecule has 1 N–H and O–H groups in total. The Morgan fingerprint density at radius 3 is 2.93 bits per heavy atom. The Labute approximate surface area is 156 Å². The van der Waals surface area contributed by atoms with Gasteiger partial charge in [-0.3, -0.25) is 14.7 Å². The van der Waals surface area contributed by atoms with Gasteiger partial charge in [0.1, 0.15) is 5.52 Å². The molecule has 0 saturated heterocycles.